The van der Waals surface area contributed by atoms with Gasteiger partial charge in [0.05, 0.1) is 17.1 Å². The van der Waals surface area contributed by atoms with Crippen LogP contribution in [0.5, 0.6) is 0 Å². The van der Waals surface area contributed by atoms with Gasteiger partial charge >= 0.3 is 5.97 Å². The van der Waals surface area contributed by atoms with Crippen LogP contribution in [0.3, 0.4) is 0 Å². The molecule has 0 saturated heterocycles. The Labute approximate surface area is 153 Å². The summed E-state index contributed by atoms with van der Waals surface area (Å²) in [5, 5.41) is 0. The molecule has 0 spiro atoms. The molecule has 26 heavy (non-hydrogen) atoms. The van der Waals surface area contributed by atoms with Crippen molar-refractivity contribution < 1.29 is 27.5 Å². The summed E-state index contributed by atoms with van der Waals surface area (Å²) in [5.74, 6) is 0.0333. The number of ketones is 1. The van der Waals surface area contributed by atoms with Crippen LogP contribution in [0.2, 0.25) is 0 Å². The van der Waals surface area contributed by atoms with Gasteiger partial charge in [-0.25, -0.2) is 13.2 Å². The summed E-state index contributed by atoms with van der Waals surface area (Å²) >= 11 is 0. The highest BCUT2D eigenvalue weighted by molar-refractivity contribution is 7.90. The van der Waals surface area contributed by atoms with E-state index in [2.05, 4.69) is 0 Å². The number of allylic oxidation sites excluding steroid dienone is 2. The Hall–Kier alpha value is -1.99. The standard InChI is InChI=1S/C19H22O6S/c1-11-14(6-7-18(26(3,22)23)15(11)10-24-2)19(21)25-17-9-16(20)12-4-5-13(17)8-12/h6-7,9,12-13H,4-5,8,10H2,1-3H3. The van der Waals surface area contributed by atoms with E-state index in [1.807, 2.05) is 0 Å². The molecule has 2 unspecified atom stereocenters. The number of ether oxygens (including phenoxy) is 2. The maximum absolute atomic E-state index is 12.7. The number of sulfone groups is 1. The number of rotatable bonds is 5. The minimum absolute atomic E-state index is 0.0192. The fraction of sp³-hybridized carbons (Fsp3) is 0.474. The molecule has 0 N–H and O–H groups in total. The second kappa shape index (κ2) is 6.96. The lowest BCUT2D eigenvalue weighted by atomic mass is 9.93. The Morgan fingerprint density at radius 1 is 1.23 bits per heavy atom. The number of hydrogen-bond donors (Lipinski definition) is 0. The van der Waals surface area contributed by atoms with E-state index in [4.69, 9.17) is 9.47 Å². The van der Waals surface area contributed by atoms with E-state index >= 15 is 0 Å². The van der Waals surface area contributed by atoms with Crippen LogP contribution in [0.15, 0.2) is 28.9 Å². The van der Waals surface area contributed by atoms with Gasteiger partial charge in [0.15, 0.2) is 15.6 Å². The predicted molar refractivity (Wildman–Crippen MR) is 94.3 cm³/mol. The topological polar surface area (TPSA) is 86.7 Å². The van der Waals surface area contributed by atoms with Gasteiger partial charge in [0.25, 0.3) is 0 Å². The van der Waals surface area contributed by atoms with Crippen molar-refractivity contribution >= 4 is 21.6 Å². The highest BCUT2D eigenvalue weighted by Crippen LogP contribution is 2.41. The van der Waals surface area contributed by atoms with Gasteiger partial charge in [-0.15, -0.1) is 0 Å². The molecule has 1 fully saturated rings. The van der Waals surface area contributed by atoms with Crippen molar-refractivity contribution in [2.75, 3.05) is 13.4 Å². The molecule has 140 valence electrons. The van der Waals surface area contributed by atoms with Crippen molar-refractivity contribution in [3.63, 3.8) is 0 Å². The van der Waals surface area contributed by atoms with Gasteiger partial charge in [-0.3, -0.25) is 4.79 Å². The fourth-order valence-corrected chi connectivity index (χ4v) is 4.75. The molecule has 2 bridgehead atoms. The van der Waals surface area contributed by atoms with Gasteiger partial charge in [0.1, 0.15) is 5.76 Å². The van der Waals surface area contributed by atoms with Crippen molar-refractivity contribution in [1.82, 2.24) is 0 Å². The highest BCUT2D eigenvalue weighted by atomic mass is 32.2. The Kier molecular flexibility index (Phi) is 5.03. The van der Waals surface area contributed by atoms with E-state index in [9.17, 15) is 18.0 Å². The Bertz CT molecular complexity index is 897. The third kappa shape index (κ3) is 3.46. The molecule has 2 aliphatic rings. The van der Waals surface area contributed by atoms with E-state index in [0.717, 1.165) is 25.5 Å². The van der Waals surface area contributed by atoms with Crippen molar-refractivity contribution in [3.8, 4) is 0 Å². The largest absolute Gasteiger partial charge is 0.427 e. The summed E-state index contributed by atoms with van der Waals surface area (Å²) < 4.78 is 34.6. The molecule has 1 aromatic carbocycles. The number of esters is 1. The monoisotopic (exact) mass is 378 g/mol. The summed E-state index contributed by atoms with van der Waals surface area (Å²) in [5.41, 5.74) is 1.23. The van der Waals surface area contributed by atoms with Gasteiger partial charge in [-0.05, 0) is 43.9 Å². The molecule has 0 aromatic heterocycles. The van der Waals surface area contributed by atoms with E-state index in [-0.39, 0.29) is 34.7 Å². The maximum atomic E-state index is 12.7. The minimum Gasteiger partial charge on any atom is -0.427 e. The van der Waals surface area contributed by atoms with E-state index < -0.39 is 15.8 Å². The van der Waals surface area contributed by atoms with Gasteiger partial charge < -0.3 is 9.47 Å². The quantitative estimate of drug-likeness (QED) is 0.732. The van der Waals surface area contributed by atoms with Gasteiger partial charge in [-0.2, -0.15) is 0 Å². The van der Waals surface area contributed by atoms with Crippen molar-refractivity contribution in [2.45, 2.75) is 37.7 Å². The number of carbonyl (C=O) groups excluding carboxylic acids is 2. The molecule has 7 heteroatoms. The lowest BCUT2D eigenvalue weighted by molar-refractivity contribution is -0.118. The number of carbonyl (C=O) groups is 2. The van der Waals surface area contributed by atoms with Crippen LogP contribution in [-0.2, 0) is 30.7 Å². The van der Waals surface area contributed by atoms with Crippen molar-refractivity contribution in [1.29, 1.82) is 0 Å². The summed E-state index contributed by atoms with van der Waals surface area (Å²) in [7, 11) is -1.99. The Morgan fingerprint density at radius 3 is 2.58 bits per heavy atom. The lowest BCUT2D eigenvalue weighted by Crippen LogP contribution is -2.20. The van der Waals surface area contributed by atoms with Crippen LogP contribution in [0, 0.1) is 18.8 Å². The molecule has 3 rings (SSSR count). The van der Waals surface area contributed by atoms with E-state index in [0.29, 0.717) is 16.9 Å². The van der Waals surface area contributed by atoms with Gasteiger partial charge in [-0.1, -0.05) is 0 Å². The Morgan fingerprint density at radius 2 is 1.92 bits per heavy atom. The number of fused-ring (bicyclic) bond motifs is 2. The number of hydrogen-bond acceptors (Lipinski definition) is 6. The third-order valence-electron chi connectivity index (χ3n) is 5.20. The molecule has 0 radical (unpaired) electrons. The molecule has 0 heterocycles. The summed E-state index contributed by atoms with van der Waals surface area (Å²) in [6.45, 7) is 1.74. The summed E-state index contributed by atoms with van der Waals surface area (Å²) in [6.07, 6.45) is 4.98. The molecule has 0 aliphatic heterocycles. The molecular formula is C19H22O6S. The van der Waals surface area contributed by atoms with Crippen LogP contribution >= 0.6 is 0 Å². The zero-order valence-corrected chi connectivity index (χ0v) is 15.9. The predicted octanol–water partition coefficient (Wildman–Crippen LogP) is 2.58. The first kappa shape index (κ1) is 18.8. The molecular weight excluding hydrogens is 356 g/mol. The molecule has 0 amide bonds. The van der Waals surface area contributed by atoms with Crippen molar-refractivity contribution in [3.05, 3.63) is 40.7 Å². The highest BCUT2D eigenvalue weighted by Gasteiger charge is 2.37. The third-order valence-corrected chi connectivity index (χ3v) is 6.38. The minimum atomic E-state index is -3.45. The second-order valence-electron chi connectivity index (χ2n) is 6.97. The summed E-state index contributed by atoms with van der Waals surface area (Å²) in [6, 6.07) is 2.86. The molecule has 1 aromatic rings. The van der Waals surface area contributed by atoms with E-state index in [1.54, 1.807) is 6.92 Å². The van der Waals surface area contributed by atoms with Crippen LogP contribution < -0.4 is 0 Å². The second-order valence-corrected chi connectivity index (χ2v) is 8.95. The normalized spacial score (nSPS) is 22.3. The molecule has 2 atom stereocenters. The average molecular weight is 378 g/mol. The zero-order valence-electron chi connectivity index (χ0n) is 15.1. The van der Waals surface area contributed by atoms with Crippen molar-refractivity contribution in [2.24, 2.45) is 11.8 Å². The average Bonchev–Trinajstić information content (AvgIpc) is 2.99. The molecule has 1 saturated carbocycles. The molecule has 6 nitrogen and oxygen atoms in total. The zero-order chi connectivity index (χ0) is 19.1. The SMILES string of the molecule is COCc1c(S(C)(=O)=O)ccc(C(=O)OC2=CC(=O)C3CCC2C3)c1C. The van der Waals surface area contributed by atoms with Crippen LogP contribution in [0.1, 0.15) is 40.7 Å². The van der Waals surface area contributed by atoms with E-state index in [1.165, 1.54) is 25.3 Å². The first-order chi connectivity index (χ1) is 12.2. The smallest absolute Gasteiger partial charge is 0.343 e. The lowest BCUT2D eigenvalue weighted by Gasteiger charge is -2.20. The maximum Gasteiger partial charge on any atom is 0.343 e. The molecule has 2 aliphatic carbocycles. The fourth-order valence-electron chi connectivity index (χ4n) is 3.77. The van der Waals surface area contributed by atoms with Gasteiger partial charge in [0, 0.05) is 36.8 Å². The van der Waals surface area contributed by atoms with Gasteiger partial charge in [0.2, 0.25) is 0 Å². The number of methoxy groups -OCH3 is 1. The number of benzene rings is 1. The summed E-state index contributed by atoms with van der Waals surface area (Å²) in [4.78, 5) is 24.8. The van der Waals surface area contributed by atoms with Crippen LogP contribution in [0.25, 0.3) is 0 Å². The Balaban J connectivity index is 1.93. The first-order valence-corrected chi connectivity index (χ1v) is 10.4. The first-order valence-electron chi connectivity index (χ1n) is 8.51. The van der Waals surface area contributed by atoms with Crippen LogP contribution in [-0.4, -0.2) is 33.5 Å². The van der Waals surface area contributed by atoms with Crippen LogP contribution in [0.4, 0.5) is 0 Å².